The molecule has 0 aliphatic heterocycles. The van der Waals surface area contributed by atoms with E-state index in [-0.39, 0.29) is 51.4 Å². The van der Waals surface area contributed by atoms with Crippen molar-refractivity contribution in [2.75, 3.05) is 0 Å². The van der Waals surface area contributed by atoms with Gasteiger partial charge in [0, 0.05) is 17.1 Å². The summed E-state index contributed by atoms with van der Waals surface area (Å²) in [6, 6.07) is 7.23. The molecule has 1 aromatic heterocycles. The predicted molar refractivity (Wildman–Crippen MR) is 66.5 cm³/mol. The minimum atomic E-state index is -0.666. The predicted octanol–water partition coefficient (Wildman–Crippen LogP) is 0.766. The van der Waals surface area contributed by atoms with Crippen molar-refractivity contribution in [2.24, 2.45) is 0 Å². The van der Waals surface area contributed by atoms with E-state index in [1.54, 1.807) is 12.3 Å². The van der Waals surface area contributed by atoms with Crippen LogP contribution in [0.3, 0.4) is 0 Å². The van der Waals surface area contributed by atoms with Crippen LogP contribution >= 0.6 is 0 Å². The molecule has 0 saturated carbocycles. The average Bonchev–Trinajstić information content (AvgIpc) is 2.30. The number of benzene rings is 1. The van der Waals surface area contributed by atoms with Gasteiger partial charge in [0.05, 0.1) is 11.4 Å². The number of rotatable bonds is 1. The Hall–Kier alpha value is -0.264. The van der Waals surface area contributed by atoms with Crippen molar-refractivity contribution in [1.82, 2.24) is 4.98 Å². The number of hydrogen-bond donors (Lipinski definition) is 0. The fourth-order valence-electron chi connectivity index (χ4n) is 1.46. The molecule has 2 aromatic rings. The molecule has 1 amide bonds. The fraction of sp³-hybridized carbons (Fsp3) is 0.231. The van der Waals surface area contributed by atoms with Crippen LogP contribution in [0.15, 0.2) is 30.5 Å². The molecule has 17 heavy (non-hydrogen) atoms. The maximum Gasteiger partial charge on any atom is 1.00 e. The first kappa shape index (κ1) is 16.7. The number of pyridine rings is 1. The van der Waals surface area contributed by atoms with Crippen LogP contribution in [0.25, 0.3) is 16.6 Å². The summed E-state index contributed by atoms with van der Waals surface area (Å²) in [4.78, 5) is 15.1. The van der Waals surface area contributed by atoms with E-state index in [0.717, 1.165) is 16.5 Å². The number of nitrogens with zero attached hydrogens (tertiary/aromatic N) is 1. The molecule has 1 aromatic carbocycles. The fourth-order valence-corrected chi connectivity index (χ4v) is 1.46. The number of nitrogens with one attached hydrogen (secondary N) is 1. The molecule has 4 heteroatoms. The van der Waals surface area contributed by atoms with E-state index in [4.69, 9.17) is 5.73 Å². The number of carbonyl (C=O) groups is 1. The number of carbonyl (C=O) groups excluding carboxylic acids is 1. The summed E-state index contributed by atoms with van der Waals surface area (Å²) in [5.74, 6) is -0.666. The molecule has 1 heterocycles. The number of aromatic nitrogens is 1. The Labute approximate surface area is 144 Å². The Bertz CT molecular complexity index is 512. The Morgan fingerprint density at radius 2 is 1.88 bits per heavy atom. The molecule has 1 N–H and O–H groups in total. The normalized spacial score (nSPS) is 8.88. The van der Waals surface area contributed by atoms with Gasteiger partial charge in [-0.2, -0.15) is 0 Å². The Balaban J connectivity index is 0.000000811. The van der Waals surface area contributed by atoms with E-state index >= 15 is 0 Å². The largest absolute Gasteiger partial charge is 1.00 e. The molecule has 0 atom stereocenters. The second-order valence-electron chi connectivity index (χ2n) is 3.21. The van der Waals surface area contributed by atoms with Gasteiger partial charge >= 0.3 is 51.4 Å². The van der Waals surface area contributed by atoms with Gasteiger partial charge in [-0.05, 0) is 24.6 Å². The molecular weight excluding hydrogens is 239 g/mol. The van der Waals surface area contributed by atoms with Crippen LogP contribution in [-0.2, 0) is 0 Å². The van der Waals surface area contributed by atoms with Gasteiger partial charge in [-0.25, -0.2) is 0 Å². The number of fused-ring (bicyclic) bond motifs is 1. The first-order chi connectivity index (χ1) is 7.68. The van der Waals surface area contributed by atoms with Gasteiger partial charge in [0.1, 0.15) is 0 Å². The molecular formula is C13H15KN2O. The first-order valence-corrected chi connectivity index (χ1v) is 5.30. The van der Waals surface area contributed by atoms with Crippen LogP contribution < -0.4 is 51.4 Å². The van der Waals surface area contributed by atoms with Gasteiger partial charge in [0.2, 0.25) is 0 Å². The average molecular weight is 254 g/mol. The zero-order valence-corrected chi connectivity index (χ0v) is 13.9. The number of hydrogen-bond acceptors (Lipinski definition) is 2. The Morgan fingerprint density at radius 1 is 1.24 bits per heavy atom. The standard InChI is InChI=1S/C11H10N2O.C2H6.K/c1-7-2-3-8-9(11(12)14)4-5-13-10(8)6-7;1-2;/h2-6H,1H3,(H2,12,14);1-2H3;/q;;+1/p-1. The molecule has 0 unspecified atom stereocenters. The van der Waals surface area contributed by atoms with E-state index in [2.05, 4.69) is 4.98 Å². The molecule has 0 aliphatic carbocycles. The summed E-state index contributed by atoms with van der Waals surface area (Å²) in [5.41, 5.74) is 9.36. The van der Waals surface area contributed by atoms with Crippen molar-refractivity contribution in [1.29, 1.82) is 0 Å². The molecule has 0 fully saturated rings. The van der Waals surface area contributed by atoms with E-state index < -0.39 is 5.91 Å². The topological polar surface area (TPSA) is 53.8 Å². The summed E-state index contributed by atoms with van der Waals surface area (Å²) in [5, 5.41) is 0.748. The van der Waals surface area contributed by atoms with E-state index in [0.29, 0.717) is 5.56 Å². The third-order valence-corrected chi connectivity index (χ3v) is 2.14. The first-order valence-electron chi connectivity index (χ1n) is 5.30. The van der Waals surface area contributed by atoms with E-state index in [9.17, 15) is 4.79 Å². The third-order valence-electron chi connectivity index (χ3n) is 2.14. The molecule has 84 valence electrons. The zero-order valence-electron chi connectivity index (χ0n) is 10.7. The molecule has 2 rings (SSSR count). The van der Waals surface area contributed by atoms with Crippen molar-refractivity contribution >= 4 is 16.8 Å². The molecule has 0 spiro atoms. The summed E-state index contributed by atoms with van der Waals surface area (Å²) < 4.78 is 0. The Morgan fingerprint density at radius 3 is 2.47 bits per heavy atom. The Kier molecular flexibility index (Phi) is 7.82. The van der Waals surface area contributed by atoms with Gasteiger partial charge < -0.3 is 10.5 Å². The van der Waals surface area contributed by atoms with Gasteiger partial charge in [0.15, 0.2) is 0 Å². The monoisotopic (exact) mass is 254 g/mol. The van der Waals surface area contributed by atoms with Crippen molar-refractivity contribution in [3.63, 3.8) is 0 Å². The third kappa shape index (κ3) is 4.15. The van der Waals surface area contributed by atoms with Gasteiger partial charge in [0.25, 0.3) is 0 Å². The summed E-state index contributed by atoms with van der Waals surface area (Å²) in [6.45, 7) is 5.97. The van der Waals surface area contributed by atoms with Crippen LogP contribution in [0.5, 0.6) is 0 Å². The van der Waals surface area contributed by atoms with Crippen LogP contribution in [-0.4, -0.2) is 10.9 Å². The van der Waals surface area contributed by atoms with Crippen LogP contribution in [0, 0.1) is 6.92 Å². The van der Waals surface area contributed by atoms with Crippen molar-refractivity contribution in [3.05, 3.63) is 47.3 Å². The summed E-state index contributed by atoms with van der Waals surface area (Å²) in [6.07, 6.45) is 1.56. The van der Waals surface area contributed by atoms with Crippen LogP contribution in [0.4, 0.5) is 0 Å². The van der Waals surface area contributed by atoms with Crippen molar-refractivity contribution in [3.8, 4) is 0 Å². The van der Waals surface area contributed by atoms with Crippen LogP contribution in [0.2, 0.25) is 0 Å². The second-order valence-corrected chi connectivity index (χ2v) is 3.21. The quantitative estimate of drug-likeness (QED) is 0.706. The summed E-state index contributed by atoms with van der Waals surface area (Å²) in [7, 11) is 0. The number of aryl methyl sites for hydroxylation is 1. The van der Waals surface area contributed by atoms with E-state index in [1.807, 2.05) is 39.0 Å². The molecule has 0 bridgehead atoms. The minimum absolute atomic E-state index is 0. The molecule has 0 saturated heterocycles. The van der Waals surface area contributed by atoms with Gasteiger partial charge in [-0.15, -0.1) is 0 Å². The second kappa shape index (κ2) is 7.95. The number of amides is 1. The van der Waals surface area contributed by atoms with Gasteiger partial charge in [-0.1, -0.05) is 26.0 Å². The van der Waals surface area contributed by atoms with E-state index in [1.165, 1.54) is 0 Å². The molecule has 0 aliphatic rings. The van der Waals surface area contributed by atoms with Gasteiger partial charge in [-0.3, -0.25) is 4.98 Å². The zero-order chi connectivity index (χ0) is 12.1. The maximum atomic E-state index is 11.0. The van der Waals surface area contributed by atoms with Crippen molar-refractivity contribution in [2.45, 2.75) is 20.8 Å². The van der Waals surface area contributed by atoms with Crippen LogP contribution in [0.1, 0.15) is 29.8 Å². The van der Waals surface area contributed by atoms with Crippen molar-refractivity contribution < 1.29 is 56.2 Å². The molecule has 3 nitrogen and oxygen atoms in total. The SMILES string of the molecule is CC.Cc1ccc2c(C([NH-])=O)ccnc2c1.[K+]. The molecule has 0 radical (unpaired) electrons. The maximum absolute atomic E-state index is 11.0. The summed E-state index contributed by atoms with van der Waals surface area (Å²) >= 11 is 0. The smallest absolute Gasteiger partial charge is 0.664 e. The minimum Gasteiger partial charge on any atom is -0.664 e.